The fourth-order valence-corrected chi connectivity index (χ4v) is 5.14. The van der Waals surface area contributed by atoms with Gasteiger partial charge in [0.1, 0.15) is 6.04 Å². The van der Waals surface area contributed by atoms with Gasteiger partial charge < -0.3 is 9.84 Å². The highest BCUT2D eigenvalue weighted by atomic mass is 16.5. The van der Waals surface area contributed by atoms with Gasteiger partial charge in [0.05, 0.1) is 13.2 Å². The van der Waals surface area contributed by atoms with Crippen molar-refractivity contribution in [1.29, 1.82) is 0 Å². The lowest BCUT2D eigenvalue weighted by Gasteiger charge is -2.37. The summed E-state index contributed by atoms with van der Waals surface area (Å²) in [6, 6.07) is 21.0. The molecule has 4 heteroatoms. The molecule has 2 aromatic rings. The van der Waals surface area contributed by atoms with Crippen LogP contribution in [0.5, 0.6) is 0 Å². The largest absolute Gasteiger partial charge is 0.468 e. The molecule has 28 heavy (non-hydrogen) atoms. The minimum absolute atomic E-state index is 0.149. The first-order valence-corrected chi connectivity index (χ1v) is 10.3. The summed E-state index contributed by atoms with van der Waals surface area (Å²) in [6.07, 6.45) is 3.13. The lowest BCUT2D eigenvalue weighted by atomic mass is 9.82. The Morgan fingerprint density at radius 3 is 2.21 bits per heavy atom. The van der Waals surface area contributed by atoms with E-state index < -0.39 is 0 Å². The van der Waals surface area contributed by atoms with Gasteiger partial charge in [0.15, 0.2) is 0 Å². The number of likely N-dealkylation sites (tertiary alicyclic amines) is 1. The molecule has 0 radical (unpaired) electrons. The lowest BCUT2D eigenvalue weighted by Crippen LogP contribution is -2.46. The Hall–Kier alpha value is -2.17. The topological polar surface area (TPSA) is 49.8 Å². The summed E-state index contributed by atoms with van der Waals surface area (Å²) in [5.41, 5.74) is 2.49. The van der Waals surface area contributed by atoms with Crippen LogP contribution in [-0.4, -0.2) is 47.8 Å². The zero-order valence-electron chi connectivity index (χ0n) is 16.4. The summed E-state index contributed by atoms with van der Waals surface area (Å²) in [7, 11) is 1.48. The number of ether oxygens (including phenoxy) is 1. The van der Waals surface area contributed by atoms with Crippen molar-refractivity contribution in [2.75, 3.05) is 13.7 Å². The standard InChI is InChI=1S/C24H29NO3/c1-28-24(27)23-14-19-12-13-20(26)15-22(19)25(23)16-21(17-8-4-2-5-9-17)18-10-6-3-7-11-18/h2-11,19-23,26H,12-16H2,1H3/t19-,20+,22-,23+/m0/s1. The third-order valence-electron chi connectivity index (χ3n) is 6.55. The van der Waals surface area contributed by atoms with Crippen LogP contribution in [0.2, 0.25) is 0 Å². The summed E-state index contributed by atoms with van der Waals surface area (Å²) in [4.78, 5) is 14.9. The molecule has 2 aliphatic rings. The van der Waals surface area contributed by atoms with Gasteiger partial charge in [0.2, 0.25) is 0 Å². The maximum absolute atomic E-state index is 12.6. The number of aliphatic hydroxyl groups excluding tert-OH is 1. The summed E-state index contributed by atoms with van der Waals surface area (Å²) in [5, 5.41) is 10.3. The predicted octanol–water partition coefficient (Wildman–Crippen LogP) is 3.60. The molecule has 0 bridgehead atoms. The Kier molecular flexibility index (Phi) is 5.79. The van der Waals surface area contributed by atoms with Crippen LogP contribution < -0.4 is 0 Å². The highest BCUT2D eigenvalue weighted by Crippen LogP contribution is 2.42. The first kappa shape index (κ1) is 19.2. The van der Waals surface area contributed by atoms with Crippen LogP contribution in [0.3, 0.4) is 0 Å². The van der Waals surface area contributed by atoms with Gasteiger partial charge in [-0.1, -0.05) is 60.7 Å². The zero-order valence-corrected chi connectivity index (χ0v) is 16.4. The smallest absolute Gasteiger partial charge is 0.323 e. The number of carbonyl (C=O) groups is 1. The van der Waals surface area contributed by atoms with Crippen LogP contribution >= 0.6 is 0 Å². The number of carbonyl (C=O) groups excluding carboxylic acids is 1. The Balaban J connectivity index is 1.67. The van der Waals surface area contributed by atoms with E-state index in [0.29, 0.717) is 5.92 Å². The van der Waals surface area contributed by atoms with Gasteiger partial charge in [-0.25, -0.2) is 0 Å². The molecule has 0 amide bonds. The van der Waals surface area contributed by atoms with E-state index >= 15 is 0 Å². The SMILES string of the molecule is COC(=O)[C@H]1C[C@@H]2CC[C@@H](O)C[C@@H]2N1CC(c1ccccc1)c1ccccc1. The molecule has 2 fully saturated rings. The quantitative estimate of drug-likeness (QED) is 0.807. The van der Waals surface area contributed by atoms with Crippen molar-refractivity contribution >= 4 is 5.97 Å². The van der Waals surface area contributed by atoms with Gasteiger partial charge in [-0.2, -0.15) is 0 Å². The van der Waals surface area contributed by atoms with Crippen molar-refractivity contribution in [2.24, 2.45) is 5.92 Å². The maximum Gasteiger partial charge on any atom is 0.323 e. The van der Waals surface area contributed by atoms with Crippen LogP contribution in [0.25, 0.3) is 0 Å². The molecule has 0 unspecified atom stereocenters. The van der Waals surface area contributed by atoms with Crippen LogP contribution in [-0.2, 0) is 9.53 Å². The molecule has 0 spiro atoms. The van der Waals surface area contributed by atoms with E-state index in [2.05, 4.69) is 53.4 Å². The number of benzene rings is 2. The van der Waals surface area contributed by atoms with Crippen molar-refractivity contribution in [3.8, 4) is 0 Å². The highest BCUT2D eigenvalue weighted by molar-refractivity contribution is 5.76. The van der Waals surface area contributed by atoms with Crippen molar-refractivity contribution in [3.63, 3.8) is 0 Å². The second-order valence-electron chi connectivity index (χ2n) is 8.14. The molecule has 1 N–H and O–H groups in total. The molecule has 1 saturated carbocycles. The highest BCUT2D eigenvalue weighted by Gasteiger charge is 2.47. The van der Waals surface area contributed by atoms with E-state index in [1.54, 1.807) is 0 Å². The van der Waals surface area contributed by atoms with Crippen LogP contribution in [0.4, 0.5) is 0 Å². The number of aliphatic hydroxyl groups is 1. The van der Waals surface area contributed by atoms with E-state index in [-0.39, 0.29) is 30.1 Å². The first-order chi connectivity index (χ1) is 13.7. The predicted molar refractivity (Wildman–Crippen MR) is 109 cm³/mol. The number of hydrogen-bond donors (Lipinski definition) is 1. The Bertz CT molecular complexity index is 739. The van der Waals surface area contributed by atoms with Crippen molar-refractivity contribution in [1.82, 2.24) is 4.90 Å². The van der Waals surface area contributed by atoms with Gasteiger partial charge >= 0.3 is 5.97 Å². The minimum Gasteiger partial charge on any atom is -0.468 e. The fraction of sp³-hybridized carbons (Fsp3) is 0.458. The fourth-order valence-electron chi connectivity index (χ4n) is 5.14. The average Bonchev–Trinajstić information content (AvgIpc) is 3.10. The van der Waals surface area contributed by atoms with E-state index in [9.17, 15) is 9.90 Å². The van der Waals surface area contributed by atoms with Crippen LogP contribution in [0.1, 0.15) is 42.7 Å². The van der Waals surface area contributed by atoms with Gasteiger partial charge in [0, 0.05) is 18.5 Å². The molecule has 4 atom stereocenters. The first-order valence-electron chi connectivity index (χ1n) is 10.3. The van der Waals surface area contributed by atoms with Crippen LogP contribution in [0, 0.1) is 5.92 Å². The van der Waals surface area contributed by atoms with Gasteiger partial charge in [-0.15, -0.1) is 0 Å². The molecule has 1 aliphatic heterocycles. The molecule has 1 heterocycles. The van der Waals surface area contributed by atoms with Gasteiger partial charge in [0.25, 0.3) is 0 Å². The summed E-state index contributed by atoms with van der Waals surface area (Å²) in [6.45, 7) is 0.752. The molecule has 1 saturated heterocycles. The maximum atomic E-state index is 12.6. The number of hydrogen-bond acceptors (Lipinski definition) is 4. The number of fused-ring (bicyclic) bond motifs is 1. The molecule has 2 aromatic carbocycles. The van der Waals surface area contributed by atoms with Crippen molar-refractivity contribution in [3.05, 3.63) is 71.8 Å². The number of nitrogens with zero attached hydrogens (tertiary/aromatic N) is 1. The van der Waals surface area contributed by atoms with E-state index in [1.165, 1.54) is 18.2 Å². The zero-order chi connectivity index (χ0) is 19.5. The molecule has 1 aliphatic carbocycles. The van der Waals surface area contributed by atoms with Crippen molar-refractivity contribution in [2.45, 2.75) is 49.8 Å². The molecular weight excluding hydrogens is 350 g/mol. The normalized spacial score (nSPS) is 27.5. The van der Waals surface area contributed by atoms with Crippen molar-refractivity contribution < 1.29 is 14.6 Å². The molecule has 4 nitrogen and oxygen atoms in total. The molecule has 0 aromatic heterocycles. The Morgan fingerprint density at radius 1 is 1.04 bits per heavy atom. The summed E-state index contributed by atoms with van der Waals surface area (Å²) in [5.74, 6) is 0.482. The van der Waals surface area contributed by atoms with Crippen LogP contribution in [0.15, 0.2) is 60.7 Å². The monoisotopic (exact) mass is 379 g/mol. The Labute approximate surface area is 167 Å². The second kappa shape index (κ2) is 8.46. The van der Waals surface area contributed by atoms with E-state index in [4.69, 9.17) is 4.74 Å². The number of esters is 1. The lowest BCUT2D eigenvalue weighted by molar-refractivity contribution is -0.146. The van der Waals surface area contributed by atoms with Gasteiger partial charge in [-0.3, -0.25) is 9.69 Å². The van der Waals surface area contributed by atoms with Gasteiger partial charge in [-0.05, 0) is 42.7 Å². The second-order valence-corrected chi connectivity index (χ2v) is 8.14. The minimum atomic E-state index is -0.271. The molecule has 4 rings (SSSR count). The third kappa shape index (κ3) is 3.85. The number of methoxy groups -OCH3 is 1. The van der Waals surface area contributed by atoms with E-state index in [1.807, 2.05) is 12.1 Å². The molecular formula is C24H29NO3. The third-order valence-corrected chi connectivity index (χ3v) is 6.55. The molecule has 148 valence electrons. The Morgan fingerprint density at radius 2 is 1.64 bits per heavy atom. The summed E-state index contributed by atoms with van der Waals surface area (Å²) < 4.78 is 5.15. The number of rotatable bonds is 5. The van der Waals surface area contributed by atoms with E-state index in [0.717, 1.165) is 32.2 Å². The summed E-state index contributed by atoms with van der Waals surface area (Å²) >= 11 is 0. The average molecular weight is 380 g/mol.